The number of amides is 1. The Labute approximate surface area is 145 Å². The smallest absolute Gasteiger partial charge is 0.227 e. The molecule has 1 aliphatic heterocycles. The van der Waals surface area contributed by atoms with Gasteiger partial charge < -0.3 is 9.64 Å². The second-order valence-corrected chi connectivity index (χ2v) is 6.51. The van der Waals surface area contributed by atoms with E-state index in [9.17, 15) is 4.79 Å². The zero-order valence-corrected chi connectivity index (χ0v) is 14.3. The fraction of sp³-hybridized carbons (Fsp3) is 0.278. The van der Waals surface area contributed by atoms with E-state index in [4.69, 9.17) is 27.9 Å². The highest BCUT2D eigenvalue weighted by Gasteiger charge is 2.32. The van der Waals surface area contributed by atoms with Gasteiger partial charge in [-0.1, -0.05) is 35.3 Å². The van der Waals surface area contributed by atoms with Crippen LogP contribution in [0.1, 0.15) is 18.4 Å². The van der Waals surface area contributed by atoms with E-state index >= 15 is 0 Å². The van der Waals surface area contributed by atoms with Crippen LogP contribution in [0.25, 0.3) is 0 Å². The molecule has 0 aliphatic carbocycles. The van der Waals surface area contributed by atoms with Gasteiger partial charge in [0.25, 0.3) is 0 Å². The number of methoxy groups -OCH3 is 1. The molecule has 2 aromatic carbocycles. The number of halogens is 2. The number of carbonyl (C=O) groups excluding carboxylic acids is 1. The van der Waals surface area contributed by atoms with Crippen molar-refractivity contribution in [1.29, 1.82) is 0 Å². The number of anilines is 1. The Kier molecular flexibility index (Phi) is 4.79. The first kappa shape index (κ1) is 16.2. The van der Waals surface area contributed by atoms with Crippen molar-refractivity contribution < 1.29 is 9.53 Å². The highest BCUT2D eigenvalue weighted by Crippen LogP contribution is 2.33. The topological polar surface area (TPSA) is 29.5 Å². The summed E-state index contributed by atoms with van der Waals surface area (Å²) in [5.41, 5.74) is 1.90. The van der Waals surface area contributed by atoms with Gasteiger partial charge in [-0.3, -0.25) is 4.79 Å². The number of ether oxygens (including phenoxy) is 1. The van der Waals surface area contributed by atoms with Crippen LogP contribution in [0.4, 0.5) is 5.69 Å². The third kappa shape index (κ3) is 3.62. The summed E-state index contributed by atoms with van der Waals surface area (Å²) in [4.78, 5) is 14.2. The highest BCUT2D eigenvalue weighted by molar-refractivity contribution is 6.35. The van der Waals surface area contributed by atoms with E-state index in [1.807, 2.05) is 23.1 Å². The average molecular weight is 350 g/mol. The summed E-state index contributed by atoms with van der Waals surface area (Å²) in [7, 11) is 1.65. The first-order chi connectivity index (χ1) is 11.1. The van der Waals surface area contributed by atoms with E-state index in [2.05, 4.69) is 6.07 Å². The van der Waals surface area contributed by atoms with Crippen molar-refractivity contribution in [2.24, 2.45) is 0 Å². The molecule has 1 atom stereocenters. The summed E-state index contributed by atoms with van der Waals surface area (Å²) in [5, 5.41) is 1.07. The molecular weight excluding hydrogens is 333 g/mol. The molecule has 1 saturated heterocycles. The van der Waals surface area contributed by atoms with Gasteiger partial charge >= 0.3 is 0 Å². The van der Waals surface area contributed by atoms with Crippen molar-refractivity contribution in [2.45, 2.75) is 25.3 Å². The van der Waals surface area contributed by atoms with Gasteiger partial charge in [0.2, 0.25) is 5.91 Å². The quantitative estimate of drug-likeness (QED) is 0.797. The fourth-order valence-corrected chi connectivity index (χ4v) is 3.56. The summed E-state index contributed by atoms with van der Waals surface area (Å²) < 4.78 is 5.27. The van der Waals surface area contributed by atoms with Gasteiger partial charge in [-0.2, -0.15) is 0 Å². The van der Waals surface area contributed by atoms with Crippen LogP contribution < -0.4 is 9.64 Å². The molecule has 1 fully saturated rings. The molecule has 0 unspecified atom stereocenters. The van der Waals surface area contributed by atoms with Crippen LogP contribution in [0.15, 0.2) is 42.5 Å². The van der Waals surface area contributed by atoms with Crippen molar-refractivity contribution >= 4 is 34.8 Å². The maximum absolute atomic E-state index is 12.3. The van der Waals surface area contributed by atoms with Gasteiger partial charge in [-0.15, -0.1) is 0 Å². The molecule has 1 heterocycles. The minimum absolute atomic E-state index is 0.101. The van der Waals surface area contributed by atoms with E-state index in [0.29, 0.717) is 16.5 Å². The van der Waals surface area contributed by atoms with Gasteiger partial charge in [0, 0.05) is 28.2 Å². The number of hydrogen-bond donors (Lipinski definition) is 0. The standard InChI is InChI=1S/C18H17Cl2NO2/c1-23-17-4-2-3-12(8-17)7-15-5-6-18(22)21(15)16-10-13(19)9-14(20)11-16/h2-4,8-11,15H,5-7H2,1H3/t15-/m0/s1. The summed E-state index contributed by atoms with van der Waals surface area (Å²) in [6, 6.07) is 13.3. The lowest BCUT2D eigenvalue weighted by molar-refractivity contribution is -0.117. The van der Waals surface area contributed by atoms with Crippen molar-refractivity contribution in [3.63, 3.8) is 0 Å². The summed E-state index contributed by atoms with van der Waals surface area (Å²) in [6.07, 6.45) is 2.13. The van der Waals surface area contributed by atoms with Crippen molar-refractivity contribution in [3.8, 4) is 5.75 Å². The molecule has 0 spiro atoms. The molecule has 0 radical (unpaired) electrons. The SMILES string of the molecule is COc1cccc(C[C@@H]2CCC(=O)N2c2cc(Cl)cc(Cl)c2)c1. The number of rotatable bonds is 4. The maximum Gasteiger partial charge on any atom is 0.227 e. The van der Waals surface area contributed by atoms with E-state index in [1.165, 1.54) is 0 Å². The second kappa shape index (κ2) is 6.81. The largest absolute Gasteiger partial charge is 0.497 e. The molecule has 1 aliphatic rings. The Morgan fingerprint density at radius 2 is 1.91 bits per heavy atom. The highest BCUT2D eigenvalue weighted by atomic mass is 35.5. The number of hydrogen-bond acceptors (Lipinski definition) is 2. The number of benzene rings is 2. The lowest BCUT2D eigenvalue weighted by atomic mass is 10.0. The third-order valence-corrected chi connectivity index (χ3v) is 4.49. The number of carbonyl (C=O) groups is 1. The summed E-state index contributed by atoms with van der Waals surface area (Å²) >= 11 is 12.2. The van der Waals surface area contributed by atoms with Crippen LogP contribution in [0.3, 0.4) is 0 Å². The minimum atomic E-state index is 0.101. The molecule has 3 nitrogen and oxygen atoms in total. The van der Waals surface area contributed by atoms with Crippen molar-refractivity contribution in [1.82, 2.24) is 0 Å². The molecule has 0 bridgehead atoms. The average Bonchev–Trinajstić information content (AvgIpc) is 2.87. The lowest BCUT2D eigenvalue weighted by Gasteiger charge is -2.25. The monoisotopic (exact) mass is 349 g/mol. The molecule has 5 heteroatoms. The summed E-state index contributed by atoms with van der Waals surface area (Å²) in [6.45, 7) is 0. The maximum atomic E-state index is 12.3. The van der Waals surface area contributed by atoms with E-state index in [1.54, 1.807) is 25.3 Å². The molecule has 2 aromatic rings. The molecule has 0 aromatic heterocycles. The van der Waals surface area contributed by atoms with Gasteiger partial charge in [-0.25, -0.2) is 0 Å². The van der Waals surface area contributed by atoms with Crippen LogP contribution in [-0.2, 0) is 11.2 Å². The number of nitrogens with zero attached hydrogens (tertiary/aromatic N) is 1. The predicted octanol–water partition coefficient (Wildman–Crippen LogP) is 4.74. The zero-order chi connectivity index (χ0) is 16.4. The van der Waals surface area contributed by atoms with Crippen LogP contribution in [0.5, 0.6) is 5.75 Å². The first-order valence-corrected chi connectivity index (χ1v) is 8.23. The molecule has 1 amide bonds. The zero-order valence-electron chi connectivity index (χ0n) is 12.8. The predicted molar refractivity (Wildman–Crippen MR) is 93.7 cm³/mol. The van der Waals surface area contributed by atoms with Crippen molar-refractivity contribution in [2.75, 3.05) is 12.0 Å². The second-order valence-electron chi connectivity index (χ2n) is 5.64. The molecule has 0 saturated carbocycles. The Hall–Kier alpha value is -1.71. The fourth-order valence-electron chi connectivity index (χ4n) is 3.04. The van der Waals surface area contributed by atoms with Crippen molar-refractivity contribution in [3.05, 3.63) is 58.1 Å². The van der Waals surface area contributed by atoms with Gasteiger partial charge in [-0.05, 0) is 48.7 Å². The van der Waals surface area contributed by atoms with E-state index < -0.39 is 0 Å². The van der Waals surface area contributed by atoms with Crippen LogP contribution in [0, 0.1) is 0 Å². The molecule has 120 valence electrons. The lowest BCUT2D eigenvalue weighted by Crippen LogP contribution is -2.34. The molecule has 23 heavy (non-hydrogen) atoms. The van der Waals surface area contributed by atoms with E-state index in [-0.39, 0.29) is 11.9 Å². The molecule has 0 N–H and O–H groups in total. The normalized spacial score (nSPS) is 17.6. The third-order valence-electron chi connectivity index (χ3n) is 4.06. The Bertz CT molecular complexity index is 712. The molecular formula is C18H17Cl2NO2. The van der Waals surface area contributed by atoms with Gasteiger partial charge in [0.1, 0.15) is 5.75 Å². The Morgan fingerprint density at radius 3 is 2.61 bits per heavy atom. The van der Waals surface area contributed by atoms with Gasteiger partial charge in [0.05, 0.1) is 7.11 Å². The Morgan fingerprint density at radius 1 is 1.17 bits per heavy atom. The first-order valence-electron chi connectivity index (χ1n) is 7.48. The van der Waals surface area contributed by atoms with Crippen LogP contribution in [0.2, 0.25) is 10.0 Å². The van der Waals surface area contributed by atoms with Crippen LogP contribution >= 0.6 is 23.2 Å². The van der Waals surface area contributed by atoms with E-state index in [0.717, 1.165) is 29.8 Å². The van der Waals surface area contributed by atoms with Gasteiger partial charge in [0.15, 0.2) is 0 Å². The minimum Gasteiger partial charge on any atom is -0.497 e. The molecule has 3 rings (SSSR count). The summed E-state index contributed by atoms with van der Waals surface area (Å²) in [5.74, 6) is 0.931. The van der Waals surface area contributed by atoms with Crippen LogP contribution in [-0.4, -0.2) is 19.1 Å². The Balaban J connectivity index is 1.87.